The first-order valence-corrected chi connectivity index (χ1v) is 5.13. The summed E-state index contributed by atoms with van der Waals surface area (Å²) in [6, 6.07) is 0.361. The second-order valence-corrected chi connectivity index (χ2v) is 3.44. The predicted molar refractivity (Wildman–Crippen MR) is 53.2 cm³/mol. The maximum absolute atomic E-state index is 9.56. The first-order valence-electron chi connectivity index (χ1n) is 5.13. The molecule has 74 valence electrons. The first-order chi connectivity index (χ1) is 5.72. The quantitative estimate of drug-likeness (QED) is 0.667. The summed E-state index contributed by atoms with van der Waals surface area (Å²) in [5.74, 6) is 0.385. The van der Waals surface area contributed by atoms with E-state index in [0.717, 1.165) is 13.0 Å². The number of aliphatic hydroxyl groups excluding tert-OH is 1. The molecule has 0 aliphatic carbocycles. The van der Waals surface area contributed by atoms with Crippen LogP contribution in [0.5, 0.6) is 0 Å². The monoisotopic (exact) mass is 173 g/mol. The van der Waals surface area contributed by atoms with Crippen molar-refractivity contribution < 1.29 is 5.11 Å². The van der Waals surface area contributed by atoms with Gasteiger partial charge >= 0.3 is 0 Å². The lowest BCUT2D eigenvalue weighted by Gasteiger charge is -2.21. The van der Waals surface area contributed by atoms with Crippen LogP contribution in [0, 0.1) is 5.92 Å². The highest BCUT2D eigenvalue weighted by atomic mass is 16.3. The van der Waals surface area contributed by atoms with Crippen molar-refractivity contribution in [1.29, 1.82) is 0 Å². The normalized spacial score (nSPS) is 25.0. The SMILES string of the molecule is CC.CC(C)C(O)C1CCCN1. The Morgan fingerprint density at radius 2 is 1.92 bits per heavy atom. The van der Waals surface area contributed by atoms with Gasteiger partial charge in [-0.2, -0.15) is 0 Å². The zero-order chi connectivity index (χ0) is 9.56. The minimum atomic E-state index is -0.150. The Morgan fingerprint density at radius 1 is 1.33 bits per heavy atom. The van der Waals surface area contributed by atoms with Crippen molar-refractivity contribution in [1.82, 2.24) is 5.32 Å². The van der Waals surface area contributed by atoms with Crippen LogP contribution in [0.3, 0.4) is 0 Å². The lowest BCUT2D eigenvalue weighted by atomic mass is 9.99. The fourth-order valence-corrected chi connectivity index (χ4v) is 1.47. The molecule has 2 unspecified atom stereocenters. The molecule has 0 spiro atoms. The molecule has 2 atom stereocenters. The van der Waals surface area contributed by atoms with Gasteiger partial charge in [-0.15, -0.1) is 0 Å². The van der Waals surface area contributed by atoms with E-state index in [0.29, 0.717) is 12.0 Å². The Bertz CT molecular complexity index is 98.0. The van der Waals surface area contributed by atoms with Crippen LogP contribution in [0.1, 0.15) is 40.5 Å². The molecule has 12 heavy (non-hydrogen) atoms. The van der Waals surface area contributed by atoms with Crippen molar-refractivity contribution in [2.24, 2.45) is 5.92 Å². The van der Waals surface area contributed by atoms with Crippen molar-refractivity contribution in [3.63, 3.8) is 0 Å². The van der Waals surface area contributed by atoms with E-state index in [4.69, 9.17) is 0 Å². The van der Waals surface area contributed by atoms with Gasteiger partial charge < -0.3 is 10.4 Å². The van der Waals surface area contributed by atoms with Gasteiger partial charge in [-0.25, -0.2) is 0 Å². The summed E-state index contributed by atoms with van der Waals surface area (Å²) in [4.78, 5) is 0. The van der Waals surface area contributed by atoms with E-state index in [-0.39, 0.29) is 6.10 Å². The van der Waals surface area contributed by atoms with Crippen molar-refractivity contribution >= 4 is 0 Å². The summed E-state index contributed by atoms with van der Waals surface area (Å²) in [6.45, 7) is 9.20. The Hall–Kier alpha value is -0.0800. The van der Waals surface area contributed by atoms with Gasteiger partial charge in [-0.1, -0.05) is 27.7 Å². The van der Waals surface area contributed by atoms with Gasteiger partial charge in [-0.05, 0) is 25.3 Å². The highest BCUT2D eigenvalue weighted by molar-refractivity contribution is 4.82. The van der Waals surface area contributed by atoms with Crippen LogP contribution in [0.15, 0.2) is 0 Å². The molecule has 2 N–H and O–H groups in total. The molecule has 0 aromatic rings. The predicted octanol–water partition coefficient (Wildman–Crippen LogP) is 1.78. The highest BCUT2D eigenvalue weighted by Crippen LogP contribution is 2.14. The molecule has 1 fully saturated rings. The Morgan fingerprint density at radius 3 is 2.25 bits per heavy atom. The third kappa shape index (κ3) is 3.55. The molecular formula is C10H23NO. The minimum Gasteiger partial charge on any atom is -0.391 e. The zero-order valence-electron chi connectivity index (χ0n) is 8.80. The van der Waals surface area contributed by atoms with Crippen molar-refractivity contribution in [2.75, 3.05) is 6.54 Å². The second kappa shape index (κ2) is 6.44. The maximum Gasteiger partial charge on any atom is 0.0716 e. The first kappa shape index (κ1) is 11.9. The van der Waals surface area contributed by atoms with Crippen LogP contribution in [0.4, 0.5) is 0 Å². The molecule has 0 aromatic heterocycles. The van der Waals surface area contributed by atoms with Crippen molar-refractivity contribution in [2.45, 2.75) is 52.7 Å². The number of hydrogen-bond acceptors (Lipinski definition) is 2. The third-order valence-corrected chi connectivity index (χ3v) is 2.19. The summed E-state index contributed by atoms with van der Waals surface area (Å²) >= 11 is 0. The topological polar surface area (TPSA) is 32.3 Å². The highest BCUT2D eigenvalue weighted by Gasteiger charge is 2.24. The molecule has 1 aliphatic heterocycles. The standard InChI is InChI=1S/C8H17NO.C2H6/c1-6(2)8(10)7-4-3-5-9-7;1-2/h6-10H,3-5H2,1-2H3;1-2H3. The van der Waals surface area contributed by atoms with Gasteiger partial charge in [0.15, 0.2) is 0 Å². The summed E-state index contributed by atoms with van der Waals surface area (Å²) in [5.41, 5.74) is 0. The fourth-order valence-electron chi connectivity index (χ4n) is 1.47. The van der Waals surface area contributed by atoms with E-state index >= 15 is 0 Å². The van der Waals surface area contributed by atoms with E-state index in [1.807, 2.05) is 13.8 Å². The van der Waals surface area contributed by atoms with Crippen LogP contribution >= 0.6 is 0 Å². The Labute approximate surface area is 76.4 Å². The van der Waals surface area contributed by atoms with Crippen LogP contribution in [-0.2, 0) is 0 Å². The van der Waals surface area contributed by atoms with Crippen LogP contribution in [0.2, 0.25) is 0 Å². The smallest absolute Gasteiger partial charge is 0.0716 e. The largest absolute Gasteiger partial charge is 0.391 e. The second-order valence-electron chi connectivity index (χ2n) is 3.44. The van der Waals surface area contributed by atoms with Crippen molar-refractivity contribution in [3.8, 4) is 0 Å². The summed E-state index contributed by atoms with van der Waals surface area (Å²) in [5, 5.41) is 12.9. The van der Waals surface area contributed by atoms with E-state index in [1.54, 1.807) is 0 Å². The van der Waals surface area contributed by atoms with Crippen LogP contribution < -0.4 is 5.32 Å². The summed E-state index contributed by atoms with van der Waals surface area (Å²) < 4.78 is 0. The van der Waals surface area contributed by atoms with E-state index in [1.165, 1.54) is 6.42 Å². The molecule has 0 saturated carbocycles. The number of rotatable bonds is 2. The van der Waals surface area contributed by atoms with Crippen molar-refractivity contribution in [3.05, 3.63) is 0 Å². The van der Waals surface area contributed by atoms with Gasteiger partial charge in [0.25, 0.3) is 0 Å². The van der Waals surface area contributed by atoms with Crippen LogP contribution in [-0.4, -0.2) is 23.8 Å². The van der Waals surface area contributed by atoms with Gasteiger partial charge in [0.1, 0.15) is 0 Å². The molecule has 0 radical (unpaired) electrons. The average molecular weight is 173 g/mol. The molecule has 1 aliphatic rings. The van der Waals surface area contributed by atoms with E-state index in [2.05, 4.69) is 19.2 Å². The average Bonchev–Trinajstić information content (AvgIpc) is 2.58. The minimum absolute atomic E-state index is 0.150. The molecule has 2 nitrogen and oxygen atoms in total. The van der Waals surface area contributed by atoms with Gasteiger partial charge in [-0.3, -0.25) is 0 Å². The lowest BCUT2D eigenvalue weighted by Crippen LogP contribution is -2.37. The molecular weight excluding hydrogens is 150 g/mol. The van der Waals surface area contributed by atoms with Crippen LogP contribution in [0.25, 0.3) is 0 Å². The van der Waals surface area contributed by atoms with Gasteiger partial charge in [0.2, 0.25) is 0 Å². The molecule has 2 heteroatoms. The van der Waals surface area contributed by atoms with Gasteiger partial charge in [0.05, 0.1) is 6.10 Å². The lowest BCUT2D eigenvalue weighted by molar-refractivity contribution is 0.0906. The number of nitrogens with one attached hydrogen (secondary N) is 1. The van der Waals surface area contributed by atoms with E-state index in [9.17, 15) is 5.11 Å². The molecule has 1 saturated heterocycles. The number of aliphatic hydroxyl groups is 1. The van der Waals surface area contributed by atoms with Gasteiger partial charge in [0, 0.05) is 6.04 Å². The number of hydrogen-bond donors (Lipinski definition) is 2. The molecule has 0 bridgehead atoms. The third-order valence-electron chi connectivity index (χ3n) is 2.19. The maximum atomic E-state index is 9.56. The molecule has 1 heterocycles. The molecule has 1 rings (SSSR count). The molecule has 0 aromatic carbocycles. The summed E-state index contributed by atoms with van der Waals surface area (Å²) in [7, 11) is 0. The molecule has 0 amide bonds. The Balaban J connectivity index is 0.000000561. The van der Waals surface area contributed by atoms with E-state index < -0.39 is 0 Å². The fraction of sp³-hybridized carbons (Fsp3) is 1.00. The summed E-state index contributed by atoms with van der Waals surface area (Å²) in [6.07, 6.45) is 2.20. The Kier molecular flexibility index (Phi) is 6.39. The zero-order valence-corrected chi connectivity index (χ0v) is 8.80.